The summed E-state index contributed by atoms with van der Waals surface area (Å²) in [5, 5.41) is 0. The first-order valence-electron chi connectivity index (χ1n) is 5.12. The lowest BCUT2D eigenvalue weighted by molar-refractivity contribution is 0.0738. The zero-order valence-corrected chi connectivity index (χ0v) is 8.73. The summed E-state index contributed by atoms with van der Waals surface area (Å²) in [6, 6.07) is 4.19. The molecule has 1 atom stereocenters. The van der Waals surface area contributed by atoms with E-state index in [-0.39, 0.29) is 5.91 Å². The van der Waals surface area contributed by atoms with Crippen LogP contribution < -0.4 is 0 Å². The second-order valence-corrected chi connectivity index (χ2v) is 3.99. The Morgan fingerprint density at radius 3 is 2.86 bits per heavy atom. The molecule has 14 heavy (non-hydrogen) atoms. The molecule has 1 saturated heterocycles. The number of hydrogen-bond donors (Lipinski definition) is 0. The predicted molar refractivity (Wildman–Crippen MR) is 55.1 cm³/mol. The molecule has 0 aliphatic carbocycles. The van der Waals surface area contributed by atoms with Gasteiger partial charge in [-0.15, -0.1) is 0 Å². The molecular formula is C11H16N2O. The Labute approximate surface area is 84.3 Å². The Morgan fingerprint density at radius 1 is 1.57 bits per heavy atom. The number of aromatic nitrogens is 1. The van der Waals surface area contributed by atoms with Gasteiger partial charge in [0.25, 0.3) is 5.91 Å². The SMILES string of the molecule is CC1CCCN1C(=O)c1cccn1C. The molecule has 0 saturated carbocycles. The molecule has 1 aromatic heterocycles. The smallest absolute Gasteiger partial charge is 0.270 e. The van der Waals surface area contributed by atoms with E-state index >= 15 is 0 Å². The van der Waals surface area contributed by atoms with E-state index in [1.165, 1.54) is 0 Å². The summed E-state index contributed by atoms with van der Waals surface area (Å²) in [5.41, 5.74) is 0.791. The van der Waals surface area contributed by atoms with E-state index < -0.39 is 0 Å². The maximum atomic E-state index is 12.0. The zero-order valence-electron chi connectivity index (χ0n) is 8.73. The molecule has 1 fully saturated rings. The summed E-state index contributed by atoms with van der Waals surface area (Å²) in [6.07, 6.45) is 4.18. The first-order chi connectivity index (χ1) is 6.70. The molecule has 76 valence electrons. The van der Waals surface area contributed by atoms with Crippen molar-refractivity contribution in [3.05, 3.63) is 24.0 Å². The highest BCUT2D eigenvalue weighted by atomic mass is 16.2. The molecule has 2 rings (SSSR count). The molecule has 1 amide bonds. The van der Waals surface area contributed by atoms with Crippen molar-refractivity contribution in [2.45, 2.75) is 25.8 Å². The summed E-state index contributed by atoms with van der Waals surface area (Å²) in [4.78, 5) is 14.0. The molecule has 3 nitrogen and oxygen atoms in total. The number of rotatable bonds is 1. The lowest BCUT2D eigenvalue weighted by atomic mass is 10.2. The van der Waals surface area contributed by atoms with Gasteiger partial charge in [-0.25, -0.2) is 0 Å². The number of likely N-dealkylation sites (tertiary alicyclic amines) is 1. The van der Waals surface area contributed by atoms with Crippen molar-refractivity contribution in [2.24, 2.45) is 7.05 Å². The van der Waals surface area contributed by atoms with Gasteiger partial charge >= 0.3 is 0 Å². The highest BCUT2D eigenvalue weighted by Crippen LogP contribution is 2.19. The van der Waals surface area contributed by atoms with Gasteiger partial charge in [0.05, 0.1) is 0 Å². The summed E-state index contributed by atoms with van der Waals surface area (Å²) in [5.74, 6) is 0.169. The number of hydrogen-bond acceptors (Lipinski definition) is 1. The van der Waals surface area contributed by atoms with Crippen LogP contribution in [0.1, 0.15) is 30.3 Å². The predicted octanol–water partition coefficient (Wildman–Crippen LogP) is 1.65. The lowest BCUT2D eigenvalue weighted by Crippen LogP contribution is -2.34. The molecule has 1 unspecified atom stereocenters. The van der Waals surface area contributed by atoms with E-state index in [4.69, 9.17) is 0 Å². The third kappa shape index (κ3) is 1.43. The quantitative estimate of drug-likeness (QED) is 0.664. The second kappa shape index (κ2) is 3.48. The summed E-state index contributed by atoms with van der Waals surface area (Å²) in [7, 11) is 1.91. The van der Waals surface area contributed by atoms with Gasteiger partial charge in [0.15, 0.2) is 0 Å². The fourth-order valence-electron chi connectivity index (χ4n) is 2.07. The molecule has 1 aromatic rings. The number of nitrogens with zero attached hydrogens (tertiary/aromatic N) is 2. The molecule has 1 aliphatic rings. The van der Waals surface area contributed by atoms with Crippen LogP contribution in [0.3, 0.4) is 0 Å². The number of aryl methyl sites for hydroxylation is 1. The average Bonchev–Trinajstić information content (AvgIpc) is 2.73. The van der Waals surface area contributed by atoms with Gasteiger partial charge in [0.1, 0.15) is 5.69 Å². The monoisotopic (exact) mass is 192 g/mol. The van der Waals surface area contributed by atoms with Crippen molar-refractivity contribution in [3.8, 4) is 0 Å². The minimum atomic E-state index is 0.169. The highest BCUT2D eigenvalue weighted by Gasteiger charge is 2.26. The summed E-state index contributed by atoms with van der Waals surface area (Å²) < 4.78 is 1.88. The lowest BCUT2D eigenvalue weighted by Gasteiger charge is -2.21. The van der Waals surface area contributed by atoms with Crippen LogP contribution in [0, 0.1) is 0 Å². The van der Waals surface area contributed by atoms with Crippen LogP contribution in [0.2, 0.25) is 0 Å². The van der Waals surface area contributed by atoms with Gasteiger partial charge < -0.3 is 9.47 Å². The van der Waals surface area contributed by atoms with E-state index in [2.05, 4.69) is 6.92 Å². The molecule has 0 N–H and O–H groups in total. The Kier molecular flexibility index (Phi) is 2.32. The molecule has 3 heteroatoms. The molecule has 0 bridgehead atoms. The van der Waals surface area contributed by atoms with Crippen molar-refractivity contribution in [1.82, 2.24) is 9.47 Å². The minimum Gasteiger partial charge on any atom is -0.347 e. The first-order valence-corrected chi connectivity index (χ1v) is 5.12. The first kappa shape index (κ1) is 9.31. The second-order valence-electron chi connectivity index (χ2n) is 3.99. The Hall–Kier alpha value is -1.25. The number of carbonyl (C=O) groups is 1. The number of carbonyl (C=O) groups excluding carboxylic acids is 1. The molecule has 1 aliphatic heterocycles. The van der Waals surface area contributed by atoms with Crippen LogP contribution in [-0.4, -0.2) is 28.0 Å². The third-order valence-electron chi connectivity index (χ3n) is 2.98. The van der Waals surface area contributed by atoms with Crippen LogP contribution in [0.25, 0.3) is 0 Å². The molecule has 0 radical (unpaired) electrons. The Morgan fingerprint density at radius 2 is 2.36 bits per heavy atom. The van der Waals surface area contributed by atoms with Crippen molar-refractivity contribution < 1.29 is 4.79 Å². The van der Waals surface area contributed by atoms with Crippen molar-refractivity contribution in [2.75, 3.05) is 6.54 Å². The van der Waals surface area contributed by atoms with Gasteiger partial charge in [0.2, 0.25) is 0 Å². The number of amides is 1. The Bertz CT molecular complexity index is 343. The van der Waals surface area contributed by atoms with Gasteiger partial charge in [-0.3, -0.25) is 4.79 Å². The van der Waals surface area contributed by atoms with E-state index in [1.54, 1.807) is 0 Å². The fraction of sp³-hybridized carbons (Fsp3) is 0.545. The maximum absolute atomic E-state index is 12.0. The minimum absolute atomic E-state index is 0.169. The summed E-state index contributed by atoms with van der Waals surface area (Å²) >= 11 is 0. The highest BCUT2D eigenvalue weighted by molar-refractivity contribution is 5.93. The van der Waals surface area contributed by atoms with E-state index in [9.17, 15) is 4.79 Å². The van der Waals surface area contributed by atoms with Crippen LogP contribution in [0.5, 0.6) is 0 Å². The average molecular weight is 192 g/mol. The summed E-state index contributed by atoms with van der Waals surface area (Å²) in [6.45, 7) is 3.03. The Balaban J connectivity index is 2.20. The standard InChI is InChI=1S/C11H16N2O/c1-9-5-3-8-13(9)11(14)10-6-4-7-12(10)2/h4,6-7,9H,3,5,8H2,1-2H3. The van der Waals surface area contributed by atoms with Crippen molar-refractivity contribution >= 4 is 5.91 Å². The van der Waals surface area contributed by atoms with E-state index in [1.807, 2.05) is 34.8 Å². The van der Waals surface area contributed by atoms with E-state index in [0.717, 1.165) is 25.1 Å². The van der Waals surface area contributed by atoms with Crippen LogP contribution in [-0.2, 0) is 7.05 Å². The normalized spacial score (nSPS) is 21.6. The van der Waals surface area contributed by atoms with Gasteiger partial charge in [0, 0.05) is 25.8 Å². The third-order valence-corrected chi connectivity index (χ3v) is 2.98. The van der Waals surface area contributed by atoms with Crippen molar-refractivity contribution in [3.63, 3.8) is 0 Å². The van der Waals surface area contributed by atoms with E-state index in [0.29, 0.717) is 6.04 Å². The van der Waals surface area contributed by atoms with Crippen LogP contribution in [0.4, 0.5) is 0 Å². The fourth-order valence-corrected chi connectivity index (χ4v) is 2.07. The van der Waals surface area contributed by atoms with Gasteiger partial charge in [-0.05, 0) is 31.9 Å². The maximum Gasteiger partial charge on any atom is 0.270 e. The zero-order chi connectivity index (χ0) is 10.1. The molecule has 0 aromatic carbocycles. The van der Waals surface area contributed by atoms with Crippen molar-refractivity contribution in [1.29, 1.82) is 0 Å². The molecule has 0 spiro atoms. The van der Waals surface area contributed by atoms with Crippen LogP contribution in [0.15, 0.2) is 18.3 Å². The molecule has 2 heterocycles. The van der Waals surface area contributed by atoms with Crippen LogP contribution >= 0.6 is 0 Å². The van der Waals surface area contributed by atoms with Gasteiger partial charge in [-0.1, -0.05) is 0 Å². The topological polar surface area (TPSA) is 25.2 Å². The largest absolute Gasteiger partial charge is 0.347 e. The molecular weight excluding hydrogens is 176 g/mol. The van der Waals surface area contributed by atoms with Gasteiger partial charge in [-0.2, -0.15) is 0 Å².